The number of benzene rings is 2. The van der Waals surface area contributed by atoms with Crippen LogP contribution in [0.5, 0.6) is 5.75 Å². The molecular weight excluding hydrogens is 705 g/mol. The number of nitrogens with zero attached hydrogens (tertiary/aromatic N) is 2. The van der Waals surface area contributed by atoms with Gasteiger partial charge >= 0.3 is 5.97 Å². The first kappa shape index (κ1) is 38.0. The van der Waals surface area contributed by atoms with Crippen molar-refractivity contribution in [2.45, 2.75) is 89.4 Å². The molecule has 0 fully saturated rings. The second-order valence-corrected chi connectivity index (χ2v) is 18.6. The van der Waals surface area contributed by atoms with E-state index in [0.29, 0.717) is 24.1 Å². The highest BCUT2D eigenvalue weighted by Crippen LogP contribution is 2.49. The van der Waals surface area contributed by atoms with Gasteiger partial charge in [-0.2, -0.15) is 21.4 Å². The molecule has 6 rings (SSSR count). The molecule has 11 nitrogen and oxygen atoms in total. The third-order valence-electron chi connectivity index (χ3n) is 10.6. The van der Waals surface area contributed by atoms with Gasteiger partial charge in [-0.15, -0.1) is 0 Å². The molecule has 4 heterocycles. The number of aryl methyl sites for hydroxylation is 1. The lowest BCUT2D eigenvalue weighted by atomic mass is 9.75. The Balaban J connectivity index is 1.49. The lowest BCUT2D eigenvalue weighted by Crippen LogP contribution is -2.35. The van der Waals surface area contributed by atoms with E-state index in [0.717, 1.165) is 74.2 Å². The van der Waals surface area contributed by atoms with Gasteiger partial charge in [0, 0.05) is 65.9 Å². The standard InChI is InChI=1S/C39H48N2O9S2/c1-38(2,3)34-24-26(30-23-27-12-8-19-40-20-9-13-29(36(27)40)37(30)50-34)11-6-14-33-39(4,18-7-15-35(42)43)31-25-28(52(47,48)49-5)16-17-32(31)41(33)21-10-22-51(44,45)46/h6,11,14,16-17,23-25H,7-10,12-13,15,18-22H2,1-5H3,(H-,42,43,44,45,46)/p+1. The van der Waals surface area contributed by atoms with Crippen molar-refractivity contribution in [2.24, 2.45) is 5.41 Å². The Morgan fingerprint density at radius 3 is 2.50 bits per heavy atom. The van der Waals surface area contributed by atoms with Crippen LogP contribution >= 0.6 is 0 Å². The second-order valence-electron chi connectivity index (χ2n) is 15.3. The van der Waals surface area contributed by atoms with Crippen molar-refractivity contribution in [1.82, 2.24) is 0 Å². The number of hydrogen-bond donors (Lipinski definition) is 2. The average Bonchev–Trinajstić information content (AvgIpc) is 3.30. The molecule has 0 aliphatic carbocycles. The number of allylic oxidation sites excluding steroid dienone is 6. The average molecular weight is 754 g/mol. The zero-order valence-electron chi connectivity index (χ0n) is 30.6. The van der Waals surface area contributed by atoms with E-state index in [1.165, 1.54) is 22.9 Å². The van der Waals surface area contributed by atoms with Crippen molar-refractivity contribution >= 4 is 48.9 Å². The summed E-state index contributed by atoms with van der Waals surface area (Å²) in [5.74, 6) is 0.387. The maximum Gasteiger partial charge on any atom is 0.303 e. The Hall–Kier alpha value is -3.78. The van der Waals surface area contributed by atoms with E-state index >= 15 is 0 Å². The summed E-state index contributed by atoms with van der Waals surface area (Å²) in [6.07, 6.45) is 12.9. The number of aliphatic carboxylic acids is 1. The van der Waals surface area contributed by atoms with Crippen LogP contribution in [0.1, 0.15) is 88.5 Å². The van der Waals surface area contributed by atoms with Crippen molar-refractivity contribution < 1.29 is 44.8 Å². The predicted octanol–water partition coefficient (Wildman–Crippen LogP) is 6.57. The molecule has 2 N–H and O–H groups in total. The molecule has 0 aromatic heterocycles. The normalized spacial score (nSPS) is 20.8. The molecule has 0 amide bonds. The minimum atomic E-state index is -4.23. The fourth-order valence-electron chi connectivity index (χ4n) is 8.06. The highest BCUT2D eigenvalue weighted by molar-refractivity contribution is 7.86. The summed E-state index contributed by atoms with van der Waals surface area (Å²) >= 11 is 0. The van der Waals surface area contributed by atoms with E-state index in [4.69, 9.17) is 8.92 Å². The molecule has 0 radical (unpaired) electrons. The van der Waals surface area contributed by atoms with Gasteiger partial charge in [0.25, 0.3) is 20.2 Å². The molecule has 0 saturated carbocycles. The molecule has 4 aliphatic rings. The van der Waals surface area contributed by atoms with Gasteiger partial charge in [0.2, 0.25) is 5.69 Å². The van der Waals surface area contributed by atoms with Gasteiger partial charge in [-0.05, 0) is 80.9 Å². The fraction of sp³-hybridized carbons (Fsp3) is 0.487. The van der Waals surface area contributed by atoms with Crippen LogP contribution in [-0.2, 0) is 47.5 Å². The van der Waals surface area contributed by atoms with E-state index in [2.05, 4.69) is 43.9 Å². The molecule has 2 aromatic rings. The number of carboxylic acids is 1. The number of carbonyl (C=O) groups is 1. The maximum absolute atomic E-state index is 12.8. The Morgan fingerprint density at radius 2 is 1.83 bits per heavy atom. The molecule has 0 spiro atoms. The van der Waals surface area contributed by atoms with Crippen LogP contribution in [0.15, 0.2) is 59.2 Å². The fourth-order valence-corrected chi connectivity index (χ4v) is 9.24. The number of carboxylic acid groups (broad SMARTS) is 1. The summed E-state index contributed by atoms with van der Waals surface area (Å²) in [6, 6.07) is 6.96. The molecule has 52 heavy (non-hydrogen) atoms. The molecule has 1 atom stereocenters. The maximum atomic E-state index is 12.8. The van der Waals surface area contributed by atoms with Crippen molar-refractivity contribution in [3.8, 4) is 5.75 Å². The minimum Gasteiger partial charge on any atom is -0.481 e. The molecule has 280 valence electrons. The van der Waals surface area contributed by atoms with Gasteiger partial charge in [-0.25, -0.2) is 0 Å². The van der Waals surface area contributed by atoms with E-state index in [9.17, 15) is 31.3 Å². The number of anilines is 1. The van der Waals surface area contributed by atoms with Crippen LogP contribution in [0.4, 0.5) is 11.4 Å². The van der Waals surface area contributed by atoms with Gasteiger partial charge in [0.05, 0.1) is 23.2 Å². The summed E-state index contributed by atoms with van der Waals surface area (Å²) in [6.45, 7) is 10.7. The minimum absolute atomic E-state index is 0.0343. The van der Waals surface area contributed by atoms with Crippen molar-refractivity contribution in [3.05, 3.63) is 76.6 Å². The number of fused-ring (bicyclic) bond motifs is 3. The van der Waals surface area contributed by atoms with E-state index < -0.39 is 37.4 Å². The second kappa shape index (κ2) is 14.2. The molecule has 1 unspecified atom stereocenters. The predicted molar refractivity (Wildman–Crippen MR) is 201 cm³/mol. The first-order valence-corrected chi connectivity index (χ1v) is 20.9. The van der Waals surface area contributed by atoms with Gasteiger partial charge in [0.15, 0.2) is 5.71 Å². The van der Waals surface area contributed by atoms with Gasteiger partial charge in [-0.3, -0.25) is 13.5 Å². The van der Waals surface area contributed by atoms with E-state index in [-0.39, 0.29) is 29.7 Å². The third-order valence-corrected chi connectivity index (χ3v) is 12.7. The van der Waals surface area contributed by atoms with Crippen LogP contribution in [0, 0.1) is 5.41 Å². The van der Waals surface area contributed by atoms with Gasteiger partial charge < -0.3 is 14.7 Å². The molecule has 13 heteroatoms. The number of hydrogen-bond acceptors (Lipinski definition) is 8. The van der Waals surface area contributed by atoms with Crippen molar-refractivity contribution in [1.29, 1.82) is 0 Å². The topological polar surface area (TPSA) is 151 Å². The van der Waals surface area contributed by atoms with Gasteiger partial charge in [0.1, 0.15) is 18.1 Å². The highest BCUT2D eigenvalue weighted by atomic mass is 32.2. The van der Waals surface area contributed by atoms with Crippen LogP contribution in [0.2, 0.25) is 0 Å². The van der Waals surface area contributed by atoms with Crippen molar-refractivity contribution in [2.75, 3.05) is 37.4 Å². The summed E-state index contributed by atoms with van der Waals surface area (Å²) < 4.78 is 72.0. The first-order valence-electron chi connectivity index (χ1n) is 17.9. The Morgan fingerprint density at radius 1 is 1.10 bits per heavy atom. The molecule has 0 saturated heterocycles. The van der Waals surface area contributed by atoms with Crippen LogP contribution < -0.4 is 9.64 Å². The smallest absolute Gasteiger partial charge is 0.303 e. The molecular formula is C39H49N2O9S2+. The van der Waals surface area contributed by atoms with Crippen LogP contribution in [0.25, 0.3) is 5.57 Å². The first-order chi connectivity index (χ1) is 24.4. The van der Waals surface area contributed by atoms with E-state index in [1.807, 2.05) is 23.7 Å². The highest BCUT2D eigenvalue weighted by Gasteiger charge is 2.48. The van der Waals surface area contributed by atoms with Crippen LogP contribution in [0.3, 0.4) is 0 Å². The summed E-state index contributed by atoms with van der Waals surface area (Å²) in [4.78, 5) is 14.1. The van der Waals surface area contributed by atoms with Gasteiger partial charge in [-0.1, -0.05) is 32.9 Å². The number of ether oxygens (including phenoxy) is 1. The summed E-state index contributed by atoms with van der Waals surface area (Å²) in [5.41, 5.74) is 6.97. The number of rotatable bonds is 12. The zero-order chi connectivity index (χ0) is 37.6. The Labute approximate surface area is 307 Å². The Bertz CT molecular complexity index is 2140. The SMILES string of the molecule is COS(=O)(=O)c1ccc2c(c1)C(C)(CCCC(=O)O)C(/C=C/C=C1\C=C(C(C)(C)C)Oc3c1cc1c4c3CCCN4CCC1)=[N+]2CCCS(=O)(=O)O. The van der Waals surface area contributed by atoms with Crippen LogP contribution in [-0.4, -0.2) is 75.2 Å². The monoisotopic (exact) mass is 753 g/mol. The molecule has 0 bridgehead atoms. The zero-order valence-corrected chi connectivity index (χ0v) is 32.2. The largest absolute Gasteiger partial charge is 0.481 e. The molecule has 4 aliphatic heterocycles. The third kappa shape index (κ3) is 7.50. The quantitative estimate of drug-likeness (QED) is 0.138. The lowest BCUT2D eigenvalue weighted by Gasteiger charge is -2.40. The Kier molecular flexibility index (Phi) is 10.4. The van der Waals surface area contributed by atoms with Crippen molar-refractivity contribution in [3.63, 3.8) is 0 Å². The summed E-state index contributed by atoms with van der Waals surface area (Å²) in [5, 5.41) is 9.50. The van der Waals surface area contributed by atoms with E-state index in [1.54, 1.807) is 12.1 Å². The summed E-state index contributed by atoms with van der Waals surface area (Å²) in [7, 11) is -7.18. The lowest BCUT2D eigenvalue weighted by molar-refractivity contribution is -0.437. The molecule has 2 aromatic carbocycles.